The van der Waals surface area contributed by atoms with E-state index in [2.05, 4.69) is 36.5 Å². The van der Waals surface area contributed by atoms with Crippen LogP contribution in [-0.4, -0.2) is 15.9 Å². The highest BCUT2D eigenvalue weighted by Crippen LogP contribution is 2.25. The summed E-state index contributed by atoms with van der Waals surface area (Å²) in [6, 6.07) is 23.9. The molecule has 0 bridgehead atoms. The molecule has 0 radical (unpaired) electrons. The van der Waals surface area contributed by atoms with Crippen LogP contribution in [0, 0.1) is 6.92 Å². The maximum absolute atomic E-state index is 13.0. The van der Waals surface area contributed by atoms with Gasteiger partial charge in [-0.3, -0.25) is 9.59 Å². The molecule has 4 aromatic rings. The Kier molecular flexibility index (Phi) is 5.95. The lowest BCUT2D eigenvalue weighted by Crippen LogP contribution is -2.23. The maximum Gasteiger partial charge on any atom is 0.277 e. The number of hydrogen-bond donors (Lipinski definition) is 3. The van der Waals surface area contributed by atoms with Crippen molar-refractivity contribution in [3.05, 3.63) is 105 Å². The summed E-state index contributed by atoms with van der Waals surface area (Å²) in [4.78, 5) is 33.1. The van der Waals surface area contributed by atoms with Gasteiger partial charge in [-0.15, -0.1) is 0 Å². The second-order valence-corrected chi connectivity index (χ2v) is 7.87. The number of aromatic amines is 1. The molecule has 0 aliphatic rings. The lowest BCUT2D eigenvalue weighted by molar-refractivity contribution is 0.102. The van der Waals surface area contributed by atoms with E-state index in [1.54, 1.807) is 12.1 Å². The van der Waals surface area contributed by atoms with Crippen molar-refractivity contribution in [3.8, 4) is 11.4 Å². The van der Waals surface area contributed by atoms with Gasteiger partial charge in [0.15, 0.2) is 11.5 Å². The van der Waals surface area contributed by atoms with Crippen LogP contribution in [-0.2, 0) is 0 Å². The molecule has 31 heavy (non-hydrogen) atoms. The smallest absolute Gasteiger partial charge is 0.277 e. The molecular weight excluding hydrogens is 456 g/mol. The Morgan fingerprint density at radius 1 is 0.935 bits per heavy atom. The number of aromatic nitrogens is 2. The van der Waals surface area contributed by atoms with Crippen LogP contribution in [0.3, 0.4) is 0 Å². The third kappa shape index (κ3) is 4.90. The topological polar surface area (TPSA) is 86.9 Å². The quantitative estimate of drug-likeness (QED) is 0.356. The minimum absolute atomic E-state index is 0.0512. The number of halogens is 1. The second-order valence-electron chi connectivity index (χ2n) is 6.96. The van der Waals surface area contributed by atoms with E-state index in [1.807, 2.05) is 73.7 Å². The standard InChI is InChI=1S/C24H19BrN4O2/c1-15-7-9-17(10-8-15)23(30)27-20-22(26-19-5-3-2-4-6-19)28-21(29-24(20)31)16-11-13-18(25)14-12-16/h2-14H,1H3,(H,27,30)(H2,26,28,29,31). The molecule has 1 aromatic heterocycles. The van der Waals surface area contributed by atoms with Crippen molar-refractivity contribution in [1.82, 2.24) is 9.97 Å². The molecule has 0 aliphatic heterocycles. The number of para-hydroxylation sites is 1. The highest BCUT2D eigenvalue weighted by atomic mass is 79.9. The SMILES string of the molecule is Cc1ccc(C(=O)Nc2c(Nc3ccccc3)nc(-c3ccc(Br)cc3)[nH]c2=O)cc1. The molecule has 1 amide bonds. The van der Waals surface area contributed by atoms with Crippen molar-refractivity contribution in [2.75, 3.05) is 10.6 Å². The number of benzene rings is 3. The summed E-state index contributed by atoms with van der Waals surface area (Å²) in [5, 5.41) is 5.85. The molecule has 0 saturated carbocycles. The van der Waals surface area contributed by atoms with Crippen LogP contribution in [0.4, 0.5) is 17.2 Å². The number of carbonyl (C=O) groups excluding carboxylic acids is 1. The van der Waals surface area contributed by atoms with Crippen LogP contribution in [0.1, 0.15) is 15.9 Å². The van der Waals surface area contributed by atoms with E-state index >= 15 is 0 Å². The predicted molar refractivity (Wildman–Crippen MR) is 127 cm³/mol. The zero-order chi connectivity index (χ0) is 21.8. The summed E-state index contributed by atoms with van der Waals surface area (Å²) in [6.07, 6.45) is 0. The summed E-state index contributed by atoms with van der Waals surface area (Å²) < 4.78 is 0.920. The number of aryl methyl sites for hydroxylation is 1. The van der Waals surface area contributed by atoms with Gasteiger partial charge in [-0.1, -0.05) is 64.0 Å². The number of H-pyrrole nitrogens is 1. The van der Waals surface area contributed by atoms with Gasteiger partial charge in [-0.2, -0.15) is 0 Å². The number of amides is 1. The normalized spacial score (nSPS) is 10.5. The molecule has 3 N–H and O–H groups in total. The minimum atomic E-state index is -0.452. The van der Waals surface area contributed by atoms with E-state index in [4.69, 9.17) is 0 Å². The zero-order valence-corrected chi connectivity index (χ0v) is 18.2. The highest BCUT2D eigenvalue weighted by Gasteiger charge is 2.17. The van der Waals surface area contributed by atoms with Gasteiger partial charge in [0.05, 0.1) is 0 Å². The van der Waals surface area contributed by atoms with E-state index in [-0.39, 0.29) is 17.4 Å². The monoisotopic (exact) mass is 474 g/mol. The molecule has 0 fully saturated rings. The molecule has 0 spiro atoms. The first-order valence-corrected chi connectivity index (χ1v) is 10.4. The number of nitrogens with one attached hydrogen (secondary N) is 3. The molecule has 0 atom stereocenters. The van der Waals surface area contributed by atoms with Crippen molar-refractivity contribution in [1.29, 1.82) is 0 Å². The number of carbonyl (C=O) groups is 1. The Morgan fingerprint density at radius 2 is 1.61 bits per heavy atom. The Bertz CT molecular complexity index is 1270. The van der Waals surface area contributed by atoms with Crippen LogP contribution >= 0.6 is 15.9 Å². The summed E-state index contributed by atoms with van der Waals surface area (Å²) in [5.74, 6) is 0.261. The van der Waals surface area contributed by atoms with E-state index in [1.165, 1.54) is 0 Å². The van der Waals surface area contributed by atoms with Crippen molar-refractivity contribution in [2.45, 2.75) is 6.92 Å². The van der Waals surface area contributed by atoms with Gasteiger partial charge in [-0.05, 0) is 43.3 Å². The van der Waals surface area contributed by atoms with Crippen molar-refractivity contribution >= 4 is 39.0 Å². The number of rotatable bonds is 5. The molecule has 154 valence electrons. The maximum atomic E-state index is 13.0. The fourth-order valence-corrected chi connectivity index (χ4v) is 3.24. The summed E-state index contributed by atoms with van der Waals surface area (Å²) in [7, 11) is 0. The molecule has 6 nitrogen and oxygen atoms in total. The Balaban J connectivity index is 1.75. The van der Waals surface area contributed by atoms with Crippen molar-refractivity contribution < 1.29 is 4.79 Å². The fraction of sp³-hybridized carbons (Fsp3) is 0.0417. The van der Waals surface area contributed by atoms with E-state index in [9.17, 15) is 9.59 Å². The average Bonchev–Trinajstić information content (AvgIpc) is 2.77. The largest absolute Gasteiger partial charge is 0.338 e. The molecule has 4 rings (SSSR count). The molecule has 3 aromatic carbocycles. The van der Waals surface area contributed by atoms with Gasteiger partial charge in [0.1, 0.15) is 5.82 Å². The summed E-state index contributed by atoms with van der Waals surface area (Å²) in [6.45, 7) is 1.94. The fourth-order valence-electron chi connectivity index (χ4n) is 2.97. The lowest BCUT2D eigenvalue weighted by atomic mass is 10.1. The Hall–Kier alpha value is -3.71. The number of hydrogen-bond acceptors (Lipinski definition) is 4. The number of nitrogens with zero attached hydrogens (tertiary/aromatic N) is 1. The van der Waals surface area contributed by atoms with Gasteiger partial charge < -0.3 is 15.6 Å². The lowest BCUT2D eigenvalue weighted by Gasteiger charge is -2.13. The first-order chi connectivity index (χ1) is 15.0. The van der Waals surface area contributed by atoms with Gasteiger partial charge in [-0.25, -0.2) is 4.98 Å². The number of anilines is 3. The van der Waals surface area contributed by atoms with Gasteiger partial charge >= 0.3 is 0 Å². The minimum Gasteiger partial charge on any atom is -0.338 e. The van der Waals surface area contributed by atoms with E-state index < -0.39 is 5.56 Å². The predicted octanol–water partition coefficient (Wildman–Crippen LogP) is 5.50. The van der Waals surface area contributed by atoms with Crippen molar-refractivity contribution in [3.63, 3.8) is 0 Å². The van der Waals surface area contributed by atoms with E-state index in [0.717, 1.165) is 21.3 Å². The highest BCUT2D eigenvalue weighted by molar-refractivity contribution is 9.10. The third-order valence-corrected chi connectivity index (χ3v) is 5.15. The van der Waals surface area contributed by atoms with Crippen LogP contribution in [0.5, 0.6) is 0 Å². The van der Waals surface area contributed by atoms with Crippen LogP contribution in [0.2, 0.25) is 0 Å². The molecule has 1 heterocycles. The van der Waals surface area contributed by atoms with Gasteiger partial charge in [0, 0.05) is 21.3 Å². The second kappa shape index (κ2) is 8.97. The molecule has 7 heteroatoms. The third-order valence-electron chi connectivity index (χ3n) is 4.63. The zero-order valence-electron chi connectivity index (χ0n) is 16.6. The summed E-state index contributed by atoms with van der Waals surface area (Å²) >= 11 is 3.40. The first kappa shape index (κ1) is 20.6. The van der Waals surface area contributed by atoms with Crippen LogP contribution in [0.15, 0.2) is 88.1 Å². The van der Waals surface area contributed by atoms with E-state index in [0.29, 0.717) is 11.4 Å². The van der Waals surface area contributed by atoms with Gasteiger partial charge in [0.25, 0.3) is 11.5 Å². The van der Waals surface area contributed by atoms with Crippen LogP contribution < -0.4 is 16.2 Å². The van der Waals surface area contributed by atoms with Gasteiger partial charge in [0.2, 0.25) is 0 Å². The first-order valence-electron chi connectivity index (χ1n) is 9.60. The molecule has 0 saturated heterocycles. The average molecular weight is 475 g/mol. The van der Waals surface area contributed by atoms with Crippen molar-refractivity contribution in [2.24, 2.45) is 0 Å². The summed E-state index contributed by atoms with van der Waals surface area (Å²) in [5.41, 5.74) is 2.58. The molecular formula is C24H19BrN4O2. The Labute approximate surface area is 187 Å². The molecule has 0 unspecified atom stereocenters. The van der Waals surface area contributed by atoms with Crippen LogP contribution in [0.25, 0.3) is 11.4 Å². The Morgan fingerprint density at radius 3 is 2.29 bits per heavy atom. The molecule has 0 aliphatic carbocycles.